The van der Waals surface area contributed by atoms with Crippen LogP contribution in [-0.4, -0.2) is 62.9 Å². The Balaban J connectivity index is 1.73. The lowest BCUT2D eigenvalue weighted by molar-refractivity contribution is -0.182. The van der Waals surface area contributed by atoms with Crippen molar-refractivity contribution < 1.29 is 37.5 Å². The van der Waals surface area contributed by atoms with E-state index in [0.717, 1.165) is 18.4 Å². The van der Waals surface area contributed by atoms with Gasteiger partial charge in [0.05, 0.1) is 25.9 Å². The smallest absolute Gasteiger partial charge is 0.356 e. The molecule has 2 saturated carbocycles. The third kappa shape index (κ3) is 6.02. The number of fused-ring (bicyclic) bond motifs is 5. The maximum Gasteiger partial charge on any atom is 0.356 e. The Bertz CT molecular complexity index is 1210. The van der Waals surface area contributed by atoms with Crippen LogP contribution in [0, 0.1) is 28.6 Å². The zero-order valence-corrected chi connectivity index (χ0v) is 30.0. The highest BCUT2D eigenvalue weighted by Gasteiger charge is 2.68. The largest absolute Gasteiger partial charge is 0.409 e. The Morgan fingerprint density at radius 1 is 1.16 bits per heavy atom. The van der Waals surface area contributed by atoms with Crippen molar-refractivity contribution in [3.8, 4) is 0 Å². The van der Waals surface area contributed by atoms with Gasteiger partial charge in [-0.05, 0) is 82.5 Å². The number of aliphatic hydroxyl groups is 1. The number of Topliss-reactive ketones (excluding diaryl/α,β-unsaturated/α-hetero) is 1. The standard InChI is InChI=1S/C33H55O8PSi/c1-11-39-42(37,40-12-2)21-38-27-19-32(8)25(14-16-33(32,36)28(35)20-41-43(9,10)30(4,5)6)24-17-22(3)26-18-23(34)13-15-31(26,7)29(24)27/h13,15,24-25,27,29,36H,11-12,14,16-21H2,1-10H3/t24-,25-,27-,29+,31-,32-,33-/m0/s1. The van der Waals surface area contributed by atoms with Gasteiger partial charge in [0.25, 0.3) is 0 Å². The monoisotopic (exact) mass is 638 g/mol. The van der Waals surface area contributed by atoms with Gasteiger partial charge in [-0.2, -0.15) is 0 Å². The molecule has 2 fully saturated rings. The second kappa shape index (κ2) is 12.0. The molecule has 43 heavy (non-hydrogen) atoms. The van der Waals surface area contributed by atoms with Crippen LogP contribution < -0.4 is 0 Å². The van der Waals surface area contributed by atoms with Crippen LogP contribution in [0.1, 0.15) is 87.5 Å². The molecule has 0 aromatic rings. The maximum absolute atomic E-state index is 14.0. The number of hydrogen-bond acceptors (Lipinski definition) is 8. The first-order chi connectivity index (χ1) is 19.8. The topological polar surface area (TPSA) is 108 Å². The Morgan fingerprint density at radius 3 is 2.37 bits per heavy atom. The van der Waals surface area contributed by atoms with Gasteiger partial charge in [-0.15, -0.1) is 0 Å². The summed E-state index contributed by atoms with van der Waals surface area (Å²) in [6.07, 6.45) is 5.77. The molecule has 0 unspecified atom stereocenters. The van der Waals surface area contributed by atoms with Crippen molar-refractivity contribution in [3.05, 3.63) is 23.3 Å². The first-order valence-corrected chi connectivity index (χ1v) is 20.7. The zero-order valence-electron chi connectivity index (χ0n) is 28.1. The van der Waals surface area contributed by atoms with Gasteiger partial charge in [-0.25, -0.2) is 0 Å². The molecule has 0 amide bonds. The predicted octanol–water partition coefficient (Wildman–Crippen LogP) is 7.23. The fourth-order valence-corrected chi connectivity index (χ4v) is 10.8. The highest BCUT2D eigenvalue weighted by atomic mass is 31.2. The lowest BCUT2D eigenvalue weighted by Gasteiger charge is -2.60. The second-order valence-corrected chi connectivity index (χ2v) is 22.1. The van der Waals surface area contributed by atoms with Gasteiger partial charge in [-0.1, -0.05) is 51.8 Å². The molecule has 4 aliphatic carbocycles. The molecule has 0 radical (unpaired) electrons. The summed E-state index contributed by atoms with van der Waals surface area (Å²) in [6, 6.07) is 0. The molecule has 0 heterocycles. The fraction of sp³-hybridized carbons (Fsp3) is 0.818. The van der Waals surface area contributed by atoms with E-state index in [0.29, 0.717) is 19.3 Å². The molecule has 0 aromatic heterocycles. The summed E-state index contributed by atoms with van der Waals surface area (Å²) in [5.41, 5.74) is -0.404. The fourth-order valence-electron chi connectivity index (χ4n) is 8.54. The number of hydrogen-bond donors (Lipinski definition) is 1. The van der Waals surface area contributed by atoms with E-state index in [2.05, 4.69) is 47.7 Å². The minimum atomic E-state index is -3.51. The van der Waals surface area contributed by atoms with Crippen LogP contribution in [0.25, 0.3) is 0 Å². The molecule has 0 aromatic carbocycles. The first kappa shape index (κ1) is 34.9. The number of ether oxygens (including phenoxy) is 1. The highest BCUT2D eigenvalue weighted by Crippen LogP contribution is 2.68. The molecule has 1 N–H and O–H groups in total. The van der Waals surface area contributed by atoms with Gasteiger partial charge in [0.1, 0.15) is 11.9 Å². The SMILES string of the molecule is CCOP(=O)(CO[C@H]1C[C@@]2(C)[C@@H](CC[C@]2(O)C(=O)CO[Si](C)(C)C(C)(C)C)[C@@H]2CC(C)=C3CC(=O)C=C[C@]3(C)[C@H]21)OCC. The lowest BCUT2D eigenvalue weighted by Crippen LogP contribution is -2.62. The first-order valence-electron chi connectivity index (χ1n) is 16.1. The average Bonchev–Trinajstić information content (AvgIpc) is 3.18. The van der Waals surface area contributed by atoms with E-state index in [4.69, 9.17) is 18.2 Å². The lowest BCUT2D eigenvalue weighted by atomic mass is 9.46. The van der Waals surface area contributed by atoms with Crippen molar-refractivity contribution in [1.82, 2.24) is 0 Å². The van der Waals surface area contributed by atoms with Gasteiger partial charge in [0.2, 0.25) is 0 Å². The van der Waals surface area contributed by atoms with Crippen LogP contribution >= 0.6 is 7.60 Å². The molecule has 0 aliphatic heterocycles. The summed E-state index contributed by atoms with van der Waals surface area (Å²) in [7, 11) is -5.72. The highest BCUT2D eigenvalue weighted by molar-refractivity contribution is 7.53. The van der Waals surface area contributed by atoms with Gasteiger partial charge in [-0.3, -0.25) is 14.2 Å². The Kier molecular flexibility index (Phi) is 9.76. The van der Waals surface area contributed by atoms with Crippen molar-refractivity contribution in [3.63, 3.8) is 0 Å². The second-order valence-electron chi connectivity index (χ2n) is 15.3. The van der Waals surface area contributed by atoms with Crippen molar-refractivity contribution >= 4 is 27.5 Å². The number of ketones is 2. The molecule has 244 valence electrons. The minimum Gasteiger partial charge on any atom is -0.409 e. The molecule has 0 bridgehead atoms. The molecule has 0 saturated heterocycles. The van der Waals surface area contributed by atoms with E-state index in [1.54, 1.807) is 19.9 Å². The number of allylic oxidation sites excluding steroid dienone is 4. The molecule has 10 heteroatoms. The van der Waals surface area contributed by atoms with Crippen LogP contribution in [0.3, 0.4) is 0 Å². The summed E-state index contributed by atoms with van der Waals surface area (Å²) in [5, 5.41) is 12.3. The molecular formula is C33H55O8PSi. The summed E-state index contributed by atoms with van der Waals surface area (Å²) in [5.74, 6) is 0.00236. The Hall–Kier alpha value is -0.933. The van der Waals surface area contributed by atoms with Crippen LogP contribution in [0.15, 0.2) is 23.3 Å². The van der Waals surface area contributed by atoms with Crippen molar-refractivity contribution in [2.45, 2.75) is 117 Å². The maximum atomic E-state index is 14.0. The van der Waals surface area contributed by atoms with Crippen molar-refractivity contribution in [2.24, 2.45) is 28.6 Å². The summed E-state index contributed by atoms with van der Waals surface area (Å²) >= 11 is 0. The number of rotatable bonds is 11. The van der Waals surface area contributed by atoms with E-state index in [1.807, 2.05) is 13.0 Å². The molecule has 0 spiro atoms. The van der Waals surface area contributed by atoms with Gasteiger partial charge < -0.3 is 23.3 Å². The predicted molar refractivity (Wildman–Crippen MR) is 170 cm³/mol. The van der Waals surface area contributed by atoms with E-state index in [1.165, 1.54) is 5.57 Å². The minimum absolute atomic E-state index is 0.0220. The normalized spacial score (nSPS) is 36.4. The quantitative estimate of drug-likeness (QED) is 0.144. The van der Waals surface area contributed by atoms with Crippen LogP contribution in [-0.2, 0) is 32.4 Å². The summed E-state index contributed by atoms with van der Waals surface area (Å²) < 4.78 is 37.6. The molecule has 4 aliphatic rings. The summed E-state index contributed by atoms with van der Waals surface area (Å²) in [6.45, 7) is 20.9. The zero-order chi connectivity index (χ0) is 32.2. The number of carbonyl (C=O) groups is 2. The molecule has 7 atom stereocenters. The van der Waals surface area contributed by atoms with E-state index in [9.17, 15) is 19.3 Å². The average molecular weight is 639 g/mol. The van der Waals surface area contributed by atoms with Crippen LogP contribution in [0.4, 0.5) is 0 Å². The van der Waals surface area contributed by atoms with Crippen LogP contribution in [0.2, 0.25) is 18.1 Å². The van der Waals surface area contributed by atoms with Gasteiger partial charge in [0, 0.05) is 23.2 Å². The number of carbonyl (C=O) groups excluding carboxylic acids is 2. The van der Waals surface area contributed by atoms with Crippen LogP contribution in [0.5, 0.6) is 0 Å². The van der Waals surface area contributed by atoms with Crippen molar-refractivity contribution in [1.29, 1.82) is 0 Å². The summed E-state index contributed by atoms with van der Waals surface area (Å²) in [4.78, 5) is 26.5. The molecular weight excluding hydrogens is 583 g/mol. The van der Waals surface area contributed by atoms with E-state index in [-0.39, 0.29) is 60.5 Å². The Morgan fingerprint density at radius 2 is 1.79 bits per heavy atom. The molecule has 4 rings (SSSR count). The molecule has 8 nitrogen and oxygen atoms in total. The third-order valence-corrected chi connectivity index (χ3v) is 18.1. The Labute approximate surface area is 260 Å². The van der Waals surface area contributed by atoms with E-state index < -0.39 is 38.4 Å². The van der Waals surface area contributed by atoms with Crippen molar-refractivity contribution in [2.75, 3.05) is 26.2 Å². The van der Waals surface area contributed by atoms with Gasteiger partial charge in [0.15, 0.2) is 19.9 Å². The van der Waals surface area contributed by atoms with Gasteiger partial charge >= 0.3 is 7.60 Å². The third-order valence-electron chi connectivity index (χ3n) is 11.9. The van der Waals surface area contributed by atoms with E-state index >= 15 is 0 Å².